The minimum absolute atomic E-state index is 0.0920. The van der Waals surface area contributed by atoms with Crippen molar-refractivity contribution in [2.24, 2.45) is 0 Å². The molecule has 29 heavy (non-hydrogen) atoms. The summed E-state index contributed by atoms with van der Waals surface area (Å²) in [5.74, 6) is 0.740. The molecule has 1 heterocycles. The monoisotopic (exact) mass is 413 g/mol. The molecule has 3 aromatic rings. The Hall–Kier alpha value is -3.13. The molecular formula is C21H23N3O4S. The lowest BCUT2D eigenvalue weighted by Gasteiger charge is -2.14. The van der Waals surface area contributed by atoms with Crippen LogP contribution in [-0.2, 0) is 10.0 Å². The van der Waals surface area contributed by atoms with Crippen LogP contribution < -0.4 is 14.2 Å². The number of hydrogen-bond donors (Lipinski definition) is 1. The maximum atomic E-state index is 13.0. The van der Waals surface area contributed by atoms with E-state index in [4.69, 9.17) is 9.47 Å². The highest BCUT2D eigenvalue weighted by molar-refractivity contribution is 7.92. The molecule has 1 N–H and O–H groups in total. The van der Waals surface area contributed by atoms with Gasteiger partial charge in [-0.05, 0) is 62.2 Å². The highest BCUT2D eigenvalue weighted by atomic mass is 32.2. The van der Waals surface area contributed by atoms with Gasteiger partial charge in [-0.3, -0.25) is 4.72 Å². The van der Waals surface area contributed by atoms with E-state index in [1.54, 1.807) is 42.5 Å². The van der Waals surface area contributed by atoms with Gasteiger partial charge in [-0.15, -0.1) is 10.2 Å². The van der Waals surface area contributed by atoms with Crippen molar-refractivity contribution in [2.45, 2.75) is 25.7 Å². The van der Waals surface area contributed by atoms with E-state index in [9.17, 15) is 8.42 Å². The Morgan fingerprint density at radius 1 is 1.00 bits per heavy atom. The summed E-state index contributed by atoms with van der Waals surface area (Å²) in [6, 6.07) is 13.8. The normalized spacial score (nSPS) is 11.2. The Morgan fingerprint density at radius 3 is 2.41 bits per heavy atom. The smallest absolute Gasteiger partial charge is 0.265 e. The maximum absolute atomic E-state index is 13.0. The van der Waals surface area contributed by atoms with Crippen LogP contribution in [0.4, 0.5) is 5.69 Å². The van der Waals surface area contributed by atoms with Crippen LogP contribution in [0.25, 0.3) is 11.3 Å². The number of aryl methyl sites for hydroxylation is 2. The molecule has 0 amide bonds. The number of anilines is 1. The summed E-state index contributed by atoms with van der Waals surface area (Å²) in [4.78, 5) is 0.0920. The lowest BCUT2D eigenvalue weighted by Crippen LogP contribution is -2.14. The third-order valence-electron chi connectivity index (χ3n) is 4.41. The van der Waals surface area contributed by atoms with Crippen molar-refractivity contribution in [3.8, 4) is 22.9 Å². The summed E-state index contributed by atoms with van der Waals surface area (Å²) in [7, 11) is -2.39. The first-order valence-electron chi connectivity index (χ1n) is 9.09. The molecule has 0 atom stereocenters. The average molecular weight is 413 g/mol. The van der Waals surface area contributed by atoms with Crippen molar-refractivity contribution in [1.82, 2.24) is 10.2 Å². The molecule has 8 heteroatoms. The predicted molar refractivity (Wildman–Crippen MR) is 112 cm³/mol. The van der Waals surface area contributed by atoms with E-state index in [0.29, 0.717) is 29.6 Å². The Balaban J connectivity index is 1.91. The van der Waals surface area contributed by atoms with E-state index >= 15 is 0 Å². The first kappa shape index (κ1) is 20.6. The lowest BCUT2D eigenvalue weighted by atomic mass is 10.1. The number of nitrogens with zero attached hydrogens (tertiary/aromatic N) is 2. The van der Waals surface area contributed by atoms with Crippen LogP contribution in [0.2, 0.25) is 0 Å². The number of rotatable bonds is 7. The number of hydrogen-bond acceptors (Lipinski definition) is 6. The van der Waals surface area contributed by atoms with Gasteiger partial charge in [0.15, 0.2) is 0 Å². The quantitative estimate of drug-likeness (QED) is 0.630. The van der Waals surface area contributed by atoms with E-state index in [1.165, 1.54) is 7.11 Å². The first-order chi connectivity index (χ1) is 13.8. The van der Waals surface area contributed by atoms with Crippen molar-refractivity contribution < 1.29 is 17.9 Å². The summed E-state index contributed by atoms with van der Waals surface area (Å²) in [6.45, 7) is 6.14. The van der Waals surface area contributed by atoms with Gasteiger partial charge in [0, 0.05) is 17.3 Å². The minimum Gasteiger partial charge on any atom is -0.495 e. The van der Waals surface area contributed by atoms with E-state index in [-0.39, 0.29) is 4.90 Å². The Kier molecular flexibility index (Phi) is 6.03. The first-order valence-corrected chi connectivity index (χ1v) is 10.6. The molecule has 7 nitrogen and oxygen atoms in total. The molecule has 0 spiro atoms. The number of nitrogens with one attached hydrogen (secondary N) is 1. The van der Waals surface area contributed by atoms with Crippen LogP contribution in [0.15, 0.2) is 53.4 Å². The number of benzene rings is 2. The molecular weight excluding hydrogens is 390 g/mol. The van der Waals surface area contributed by atoms with Crippen LogP contribution in [0.3, 0.4) is 0 Å². The molecule has 0 saturated heterocycles. The Labute approximate surface area is 170 Å². The molecule has 0 bridgehead atoms. The minimum atomic E-state index is -3.84. The van der Waals surface area contributed by atoms with Crippen LogP contribution in [0.5, 0.6) is 11.6 Å². The molecule has 152 valence electrons. The summed E-state index contributed by atoms with van der Waals surface area (Å²) in [5.41, 5.74) is 3.57. The van der Waals surface area contributed by atoms with Gasteiger partial charge in [0.2, 0.25) is 5.88 Å². The molecule has 0 unspecified atom stereocenters. The third kappa shape index (κ3) is 4.65. The van der Waals surface area contributed by atoms with Gasteiger partial charge >= 0.3 is 0 Å². The van der Waals surface area contributed by atoms with E-state index in [0.717, 1.165) is 16.7 Å². The van der Waals surface area contributed by atoms with Crippen molar-refractivity contribution in [1.29, 1.82) is 0 Å². The number of ether oxygens (including phenoxy) is 2. The van der Waals surface area contributed by atoms with Crippen molar-refractivity contribution in [3.05, 3.63) is 59.7 Å². The fraction of sp³-hybridized carbons (Fsp3) is 0.238. The molecule has 0 aliphatic carbocycles. The fourth-order valence-electron chi connectivity index (χ4n) is 2.78. The zero-order valence-corrected chi connectivity index (χ0v) is 17.6. The second kappa shape index (κ2) is 8.48. The van der Waals surface area contributed by atoms with Gasteiger partial charge < -0.3 is 9.47 Å². The number of aromatic nitrogens is 2. The molecule has 3 rings (SSSR count). The predicted octanol–water partition coefficient (Wildman–Crippen LogP) is 3.97. The number of sulfonamides is 1. The van der Waals surface area contributed by atoms with Crippen LogP contribution in [0.1, 0.15) is 18.1 Å². The summed E-state index contributed by atoms with van der Waals surface area (Å²) in [5, 5.41) is 8.15. The van der Waals surface area contributed by atoms with E-state index in [1.807, 2.05) is 26.8 Å². The zero-order chi connectivity index (χ0) is 21.0. The van der Waals surface area contributed by atoms with Gasteiger partial charge in [0.25, 0.3) is 10.0 Å². The molecule has 0 saturated carbocycles. The fourth-order valence-corrected chi connectivity index (χ4v) is 4.07. The Bertz CT molecular complexity index is 1110. The summed E-state index contributed by atoms with van der Waals surface area (Å²) in [6.07, 6.45) is 0. The van der Waals surface area contributed by atoms with E-state index in [2.05, 4.69) is 14.9 Å². The van der Waals surface area contributed by atoms with Crippen LogP contribution in [0, 0.1) is 13.8 Å². The van der Waals surface area contributed by atoms with Crippen molar-refractivity contribution in [2.75, 3.05) is 18.4 Å². The lowest BCUT2D eigenvalue weighted by molar-refractivity contribution is 0.323. The number of methoxy groups -OCH3 is 1. The van der Waals surface area contributed by atoms with Gasteiger partial charge in [0.05, 0.1) is 19.4 Å². The topological polar surface area (TPSA) is 90.4 Å². The van der Waals surface area contributed by atoms with Gasteiger partial charge in [0.1, 0.15) is 10.6 Å². The molecule has 0 fully saturated rings. The SMILES string of the molecule is CCOc1ccc(-c2cccc(NS(=O)(=O)c3cc(C)c(C)cc3OC)c2)nn1. The molecule has 0 aliphatic heterocycles. The second-order valence-electron chi connectivity index (χ2n) is 6.46. The third-order valence-corrected chi connectivity index (χ3v) is 5.81. The summed E-state index contributed by atoms with van der Waals surface area (Å²) < 4.78 is 39.1. The van der Waals surface area contributed by atoms with Gasteiger partial charge in [-0.2, -0.15) is 0 Å². The van der Waals surface area contributed by atoms with E-state index < -0.39 is 10.0 Å². The average Bonchev–Trinajstić information content (AvgIpc) is 2.70. The highest BCUT2D eigenvalue weighted by Gasteiger charge is 2.21. The Morgan fingerprint density at radius 2 is 1.76 bits per heavy atom. The molecule has 0 aliphatic rings. The largest absolute Gasteiger partial charge is 0.495 e. The maximum Gasteiger partial charge on any atom is 0.265 e. The van der Waals surface area contributed by atoms with Crippen LogP contribution in [-0.4, -0.2) is 32.3 Å². The zero-order valence-electron chi connectivity index (χ0n) is 16.8. The molecule has 0 radical (unpaired) electrons. The second-order valence-corrected chi connectivity index (χ2v) is 8.11. The molecule has 2 aromatic carbocycles. The van der Waals surface area contributed by atoms with Gasteiger partial charge in [-0.1, -0.05) is 12.1 Å². The van der Waals surface area contributed by atoms with Crippen molar-refractivity contribution in [3.63, 3.8) is 0 Å². The van der Waals surface area contributed by atoms with Gasteiger partial charge in [-0.25, -0.2) is 8.42 Å². The van der Waals surface area contributed by atoms with Crippen LogP contribution >= 0.6 is 0 Å². The van der Waals surface area contributed by atoms with Crippen molar-refractivity contribution >= 4 is 15.7 Å². The standard InChI is InChI=1S/C21H23N3O4S/c1-5-28-21-10-9-18(22-23-21)16-7-6-8-17(13-16)24-29(25,26)20-12-15(3)14(2)11-19(20)27-4/h6-13,24H,5H2,1-4H3. The molecule has 1 aromatic heterocycles. The highest BCUT2D eigenvalue weighted by Crippen LogP contribution is 2.30. The summed E-state index contributed by atoms with van der Waals surface area (Å²) >= 11 is 0.